The maximum atomic E-state index is 5.21. The van der Waals surface area contributed by atoms with Gasteiger partial charge in [-0.25, -0.2) is 4.98 Å². The van der Waals surface area contributed by atoms with E-state index in [0.29, 0.717) is 17.5 Å². The second kappa shape index (κ2) is 5.45. The van der Waals surface area contributed by atoms with Crippen LogP contribution in [0.25, 0.3) is 10.8 Å². The smallest absolute Gasteiger partial charge is 0.271 e. The molecule has 3 aromatic rings. The highest BCUT2D eigenvalue weighted by atomic mass is 32.2. The molecule has 0 radical (unpaired) electrons. The topological polar surface area (TPSA) is 77.6 Å². The monoisotopic (exact) mass is 291 g/mol. The van der Waals surface area contributed by atoms with Crippen molar-refractivity contribution in [1.82, 2.24) is 24.7 Å². The van der Waals surface area contributed by atoms with E-state index in [0.717, 1.165) is 15.6 Å². The third-order valence-electron chi connectivity index (χ3n) is 2.30. The fourth-order valence-corrected chi connectivity index (χ4v) is 2.69. The van der Waals surface area contributed by atoms with Crippen molar-refractivity contribution in [2.45, 2.75) is 17.7 Å². The molecule has 19 heavy (non-hydrogen) atoms. The Kier molecular flexibility index (Phi) is 3.51. The summed E-state index contributed by atoms with van der Waals surface area (Å²) < 4.78 is 9.06. The fraction of sp³-hybridized carbons (Fsp3) is 0.182. The van der Waals surface area contributed by atoms with Gasteiger partial charge in [0.15, 0.2) is 5.82 Å². The van der Waals surface area contributed by atoms with Crippen molar-refractivity contribution in [3.05, 3.63) is 35.9 Å². The van der Waals surface area contributed by atoms with E-state index in [1.165, 1.54) is 11.5 Å². The normalized spacial score (nSPS) is 10.8. The zero-order valence-corrected chi connectivity index (χ0v) is 11.6. The number of aromatic nitrogens is 5. The average molecular weight is 291 g/mol. The summed E-state index contributed by atoms with van der Waals surface area (Å²) >= 11 is 2.82. The van der Waals surface area contributed by atoms with Crippen molar-refractivity contribution >= 4 is 23.3 Å². The molecule has 0 aromatic carbocycles. The lowest BCUT2D eigenvalue weighted by molar-refractivity contribution is 0.425. The van der Waals surface area contributed by atoms with Crippen LogP contribution in [0, 0.1) is 6.92 Å². The molecule has 0 fully saturated rings. The summed E-state index contributed by atoms with van der Waals surface area (Å²) in [7, 11) is 0. The highest BCUT2D eigenvalue weighted by Gasteiger charge is 2.14. The molecule has 0 bridgehead atoms. The SMILES string of the molecule is Cc1nnsc1-c1nc(CSc2ccccn2)no1. The molecule has 0 aliphatic rings. The molecule has 0 N–H and O–H groups in total. The summed E-state index contributed by atoms with van der Waals surface area (Å²) in [6.45, 7) is 1.87. The molecular formula is C11H9N5OS2. The maximum absolute atomic E-state index is 5.21. The van der Waals surface area contributed by atoms with E-state index in [1.54, 1.807) is 18.0 Å². The summed E-state index contributed by atoms with van der Waals surface area (Å²) in [6, 6.07) is 5.78. The standard InChI is InChI=1S/C11H9N5OS2/c1-7-10(19-16-14-7)11-13-8(15-17-11)6-18-9-4-2-3-5-12-9/h2-5H,6H2,1H3. The molecule has 6 nitrogen and oxygen atoms in total. The highest BCUT2D eigenvalue weighted by molar-refractivity contribution is 7.98. The summed E-state index contributed by atoms with van der Waals surface area (Å²) in [5.41, 5.74) is 0.803. The first-order valence-electron chi connectivity index (χ1n) is 5.48. The highest BCUT2D eigenvalue weighted by Crippen LogP contribution is 2.25. The molecular weight excluding hydrogens is 282 g/mol. The van der Waals surface area contributed by atoms with Crippen LogP contribution in [0.1, 0.15) is 11.5 Å². The molecule has 3 rings (SSSR count). The Balaban J connectivity index is 1.71. The Morgan fingerprint density at radius 1 is 1.37 bits per heavy atom. The first-order chi connectivity index (χ1) is 9.33. The van der Waals surface area contributed by atoms with Gasteiger partial charge < -0.3 is 4.52 Å². The average Bonchev–Trinajstić information content (AvgIpc) is 3.06. The van der Waals surface area contributed by atoms with Crippen molar-refractivity contribution in [1.29, 1.82) is 0 Å². The van der Waals surface area contributed by atoms with Crippen LogP contribution < -0.4 is 0 Å². The number of aryl methyl sites for hydroxylation is 1. The lowest BCUT2D eigenvalue weighted by Crippen LogP contribution is -1.85. The molecule has 3 aromatic heterocycles. The predicted molar refractivity (Wildman–Crippen MR) is 71.7 cm³/mol. The van der Waals surface area contributed by atoms with E-state index >= 15 is 0 Å². The second-order valence-electron chi connectivity index (χ2n) is 3.66. The van der Waals surface area contributed by atoms with Crippen LogP contribution in [0.15, 0.2) is 33.9 Å². The zero-order chi connectivity index (χ0) is 13.1. The second-order valence-corrected chi connectivity index (χ2v) is 5.41. The number of hydrogen-bond donors (Lipinski definition) is 0. The Bertz CT molecular complexity index is 667. The van der Waals surface area contributed by atoms with Crippen molar-refractivity contribution in [2.24, 2.45) is 0 Å². The minimum absolute atomic E-state index is 0.476. The van der Waals surface area contributed by atoms with Gasteiger partial charge in [-0.3, -0.25) is 0 Å². The van der Waals surface area contributed by atoms with Crippen molar-refractivity contribution in [3.8, 4) is 10.8 Å². The zero-order valence-electron chi connectivity index (χ0n) is 9.98. The number of hydrogen-bond acceptors (Lipinski definition) is 8. The predicted octanol–water partition coefficient (Wildman–Crippen LogP) is 2.58. The van der Waals surface area contributed by atoms with Crippen molar-refractivity contribution in [3.63, 3.8) is 0 Å². The quantitative estimate of drug-likeness (QED) is 0.683. The van der Waals surface area contributed by atoms with E-state index in [9.17, 15) is 0 Å². The van der Waals surface area contributed by atoms with Gasteiger partial charge in [-0.1, -0.05) is 27.5 Å². The molecule has 0 saturated heterocycles. The minimum atomic E-state index is 0.476. The summed E-state index contributed by atoms with van der Waals surface area (Å²) in [6.07, 6.45) is 1.76. The minimum Gasteiger partial charge on any atom is -0.333 e. The van der Waals surface area contributed by atoms with Crippen molar-refractivity contribution in [2.75, 3.05) is 0 Å². The van der Waals surface area contributed by atoms with Gasteiger partial charge in [0.05, 0.1) is 16.5 Å². The van der Waals surface area contributed by atoms with Crippen LogP contribution in [0.4, 0.5) is 0 Å². The van der Waals surface area contributed by atoms with Crippen LogP contribution in [0.3, 0.4) is 0 Å². The van der Waals surface area contributed by atoms with E-state index in [4.69, 9.17) is 4.52 Å². The summed E-state index contributed by atoms with van der Waals surface area (Å²) in [4.78, 5) is 9.38. The molecule has 0 aliphatic carbocycles. The van der Waals surface area contributed by atoms with E-state index in [2.05, 4.69) is 24.7 Å². The molecule has 96 valence electrons. The van der Waals surface area contributed by atoms with Crippen LogP contribution in [-0.4, -0.2) is 24.7 Å². The number of pyridine rings is 1. The van der Waals surface area contributed by atoms with Crippen LogP contribution in [0.2, 0.25) is 0 Å². The Morgan fingerprint density at radius 2 is 2.32 bits per heavy atom. The molecule has 0 aliphatic heterocycles. The molecule has 0 saturated carbocycles. The lowest BCUT2D eigenvalue weighted by Gasteiger charge is -1.94. The van der Waals surface area contributed by atoms with Crippen LogP contribution >= 0.6 is 23.3 Å². The van der Waals surface area contributed by atoms with E-state index < -0.39 is 0 Å². The number of rotatable bonds is 4. The summed E-state index contributed by atoms with van der Waals surface area (Å²) in [5, 5.41) is 8.80. The van der Waals surface area contributed by atoms with Crippen LogP contribution in [0.5, 0.6) is 0 Å². The van der Waals surface area contributed by atoms with Crippen molar-refractivity contribution < 1.29 is 4.52 Å². The number of thioether (sulfide) groups is 1. The Morgan fingerprint density at radius 3 is 3.05 bits per heavy atom. The Hall–Kier alpha value is -1.80. The van der Waals surface area contributed by atoms with Gasteiger partial charge in [0.2, 0.25) is 0 Å². The first kappa shape index (κ1) is 12.2. The van der Waals surface area contributed by atoms with Gasteiger partial charge in [0, 0.05) is 6.20 Å². The van der Waals surface area contributed by atoms with Crippen LogP contribution in [-0.2, 0) is 5.75 Å². The van der Waals surface area contributed by atoms with Gasteiger partial charge in [0.1, 0.15) is 4.88 Å². The molecule has 8 heteroatoms. The molecule has 3 heterocycles. The third-order valence-corrected chi connectivity index (χ3v) is 4.06. The third kappa shape index (κ3) is 2.79. The summed E-state index contributed by atoms with van der Waals surface area (Å²) in [5.74, 6) is 1.73. The lowest BCUT2D eigenvalue weighted by atomic mass is 10.4. The van der Waals surface area contributed by atoms with Gasteiger partial charge in [-0.2, -0.15) is 4.98 Å². The number of nitrogens with zero attached hydrogens (tertiary/aromatic N) is 5. The van der Waals surface area contributed by atoms with Gasteiger partial charge in [0.25, 0.3) is 5.89 Å². The Labute approximate surface area is 117 Å². The molecule has 0 amide bonds. The molecule has 0 unspecified atom stereocenters. The van der Waals surface area contributed by atoms with Gasteiger partial charge in [-0.05, 0) is 30.6 Å². The maximum Gasteiger partial charge on any atom is 0.271 e. The molecule has 0 atom stereocenters. The fourth-order valence-electron chi connectivity index (χ4n) is 1.40. The molecule has 0 spiro atoms. The van der Waals surface area contributed by atoms with Gasteiger partial charge >= 0.3 is 0 Å². The van der Waals surface area contributed by atoms with E-state index in [1.807, 2.05) is 25.1 Å². The van der Waals surface area contributed by atoms with E-state index in [-0.39, 0.29) is 0 Å². The van der Waals surface area contributed by atoms with Gasteiger partial charge in [-0.15, -0.1) is 5.10 Å². The first-order valence-corrected chi connectivity index (χ1v) is 7.24. The largest absolute Gasteiger partial charge is 0.333 e.